The Morgan fingerprint density at radius 2 is 1.74 bits per heavy atom. The van der Waals surface area contributed by atoms with Gasteiger partial charge in [0.25, 0.3) is 0 Å². The molecule has 2 heterocycles. The second-order valence-corrected chi connectivity index (χ2v) is 9.19. The van der Waals surface area contributed by atoms with Crippen LogP contribution < -0.4 is 0 Å². The minimum Gasteiger partial charge on any atom is -0.394 e. The summed E-state index contributed by atoms with van der Waals surface area (Å²) in [6, 6.07) is 16.0. The van der Waals surface area contributed by atoms with Crippen molar-refractivity contribution in [2.75, 3.05) is 6.61 Å². The molecule has 6 nitrogen and oxygen atoms in total. The first-order chi connectivity index (χ1) is 15.0. The van der Waals surface area contributed by atoms with Crippen LogP contribution in [0.2, 0.25) is 0 Å². The lowest BCUT2D eigenvalue weighted by Crippen LogP contribution is -2.55. The van der Waals surface area contributed by atoms with Gasteiger partial charge >= 0.3 is 0 Å². The lowest BCUT2D eigenvalue weighted by atomic mass is 9.89. The highest BCUT2D eigenvalue weighted by Crippen LogP contribution is 2.33. The first kappa shape index (κ1) is 22.1. The van der Waals surface area contributed by atoms with Gasteiger partial charge in [0.15, 0.2) is 0 Å². The predicted molar refractivity (Wildman–Crippen MR) is 118 cm³/mol. The van der Waals surface area contributed by atoms with Crippen molar-refractivity contribution in [1.29, 1.82) is 0 Å². The maximum absolute atomic E-state index is 10.4. The first-order valence-electron chi connectivity index (χ1n) is 10.3. The van der Waals surface area contributed by atoms with Crippen LogP contribution in [0, 0.1) is 6.92 Å². The van der Waals surface area contributed by atoms with Crippen molar-refractivity contribution in [3.05, 3.63) is 86.9 Å². The van der Waals surface area contributed by atoms with Gasteiger partial charge in [0.2, 0.25) is 0 Å². The van der Waals surface area contributed by atoms with E-state index in [0.29, 0.717) is 12.0 Å². The summed E-state index contributed by atoms with van der Waals surface area (Å²) >= 11 is 1.68. The average Bonchev–Trinajstić information content (AvgIpc) is 3.21. The monoisotopic (exact) mass is 441 g/mol. The van der Waals surface area contributed by atoms with Gasteiger partial charge in [0, 0.05) is 23.9 Å². The quantitative estimate of drug-likeness (QED) is 0.467. The molecule has 0 bridgehead atoms. The highest BCUT2D eigenvalue weighted by atomic mass is 32.1. The van der Waals surface area contributed by atoms with Crippen molar-refractivity contribution in [1.82, 2.24) is 4.98 Å². The third-order valence-corrected chi connectivity index (χ3v) is 6.76. The standard InChI is InChI=1S/C24H27NO5S/c1-14-7-8-16(24-23(29)22(28)21(27)19(13-26)30-24)10-17(14)11-20-25-12-18(31-20)9-15-5-3-2-4-6-15/h2-8,10,12,19,21-24,26-29H,9,11,13H2,1H3/t19-,21-,22+,23-,24+/m1/s1. The van der Waals surface area contributed by atoms with Crippen LogP contribution in [0.4, 0.5) is 0 Å². The molecule has 3 aromatic rings. The minimum atomic E-state index is -1.39. The van der Waals surface area contributed by atoms with Crippen molar-refractivity contribution in [3.8, 4) is 0 Å². The van der Waals surface area contributed by atoms with E-state index in [2.05, 4.69) is 17.1 Å². The van der Waals surface area contributed by atoms with Crippen LogP contribution in [0.5, 0.6) is 0 Å². The Labute approximate surface area is 185 Å². The lowest BCUT2D eigenvalue weighted by Gasteiger charge is -2.40. The second-order valence-electron chi connectivity index (χ2n) is 7.99. The van der Waals surface area contributed by atoms with E-state index in [1.165, 1.54) is 10.4 Å². The van der Waals surface area contributed by atoms with Crippen LogP contribution in [-0.4, -0.2) is 56.4 Å². The zero-order valence-corrected chi connectivity index (χ0v) is 18.1. The van der Waals surface area contributed by atoms with Crippen molar-refractivity contribution >= 4 is 11.3 Å². The topological polar surface area (TPSA) is 103 Å². The van der Waals surface area contributed by atoms with Gasteiger partial charge in [-0.15, -0.1) is 11.3 Å². The molecular weight excluding hydrogens is 414 g/mol. The van der Waals surface area contributed by atoms with Crippen LogP contribution in [0.25, 0.3) is 0 Å². The molecule has 1 aromatic heterocycles. The second kappa shape index (κ2) is 9.56. The van der Waals surface area contributed by atoms with E-state index in [-0.39, 0.29) is 0 Å². The summed E-state index contributed by atoms with van der Waals surface area (Å²) in [4.78, 5) is 5.78. The Morgan fingerprint density at radius 1 is 0.968 bits per heavy atom. The average molecular weight is 442 g/mol. The fourth-order valence-electron chi connectivity index (χ4n) is 3.91. The number of aliphatic hydroxyl groups is 4. The molecule has 2 aromatic carbocycles. The highest BCUT2D eigenvalue weighted by Gasteiger charge is 2.43. The summed E-state index contributed by atoms with van der Waals surface area (Å²) in [6.07, 6.45) is -2.37. The summed E-state index contributed by atoms with van der Waals surface area (Å²) < 4.78 is 5.71. The van der Waals surface area contributed by atoms with Crippen LogP contribution in [0.15, 0.2) is 54.7 Å². The number of aromatic nitrogens is 1. The van der Waals surface area contributed by atoms with Crippen molar-refractivity contribution in [2.24, 2.45) is 0 Å². The lowest BCUT2D eigenvalue weighted by molar-refractivity contribution is -0.231. The number of rotatable bonds is 6. The summed E-state index contributed by atoms with van der Waals surface area (Å²) in [5, 5.41) is 41.0. The van der Waals surface area contributed by atoms with Gasteiger partial charge < -0.3 is 25.2 Å². The zero-order chi connectivity index (χ0) is 22.0. The van der Waals surface area contributed by atoms with Crippen molar-refractivity contribution < 1.29 is 25.2 Å². The smallest absolute Gasteiger partial charge is 0.113 e. The fraction of sp³-hybridized carbons (Fsp3) is 0.375. The number of aryl methyl sites for hydroxylation is 1. The molecule has 31 heavy (non-hydrogen) atoms. The zero-order valence-electron chi connectivity index (χ0n) is 17.3. The normalized spacial score (nSPS) is 26.2. The highest BCUT2D eigenvalue weighted by molar-refractivity contribution is 7.11. The maximum Gasteiger partial charge on any atom is 0.113 e. The molecule has 0 radical (unpaired) electrons. The summed E-state index contributed by atoms with van der Waals surface area (Å²) in [6.45, 7) is 1.58. The number of hydrogen-bond donors (Lipinski definition) is 4. The molecule has 7 heteroatoms. The number of aliphatic hydroxyl groups excluding tert-OH is 4. The molecule has 1 aliphatic rings. The van der Waals surface area contributed by atoms with Crippen LogP contribution >= 0.6 is 11.3 Å². The van der Waals surface area contributed by atoms with Gasteiger partial charge in [0.1, 0.15) is 30.5 Å². The van der Waals surface area contributed by atoms with Gasteiger partial charge in [-0.25, -0.2) is 4.98 Å². The molecule has 164 valence electrons. The molecule has 1 fully saturated rings. The van der Waals surface area contributed by atoms with Gasteiger partial charge in [0.05, 0.1) is 11.6 Å². The third kappa shape index (κ3) is 4.87. The van der Waals surface area contributed by atoms with E-state index in [1.807, 2.05) is 49.5 Å². The molecule has 1 saturated heterocycles. The Morgan fingerprint density at radius 3 is 2.48 bits per heavy atom. The summed E-state index contributed by atoms with van der Waals surface area (Å²) in [5.41, 5.74) is 4.08. The molecule has 0 unspecified atom stereocenters. The minimum absolute atomic E-state index is 0.441. The van der Waals surface area contributed by atoms with E-state index < -0.39 is 37.1 Å². The molecule has 0 spiro atoms. The number of hydrogen-bond acceptors (Lipinski definition) is 7. The molecule has 0 aliphatic carbocycles. The van der Waals surface area contributed by atoms with Gasteiger partial charge in [-0.3, -0.25) is 0 Å². The maximum atomic E-state index is 10.4. The van der Waals surface area contributed by atoms with Gasteiger partial charge in [-0.2, -0.15) is 0 Å². The molecule has 5 atom stereocenters. The van der Waals surface area contributed by atoms with Crippen molar-refractivity contribution in [3.63, 3.8) is 0 Å². The molecule has 4 N–H and O–H groups in total. The molecule has 0 amide bonds. The van der Waals surface area contributed by atoms with E-state index >= 15 is 0 Å². The third-order valence-electron chi connectivity index (χ3n) is 5.76. The van der Waals surface area contributed by atoms with Crippen LogP contribution in [0.1, 0.15) is 38.2 Å². The fourth-order valence-corrected chi connectivity index (χ4v) is 4.89. The predicted octanol–water partition coefficient (Wildman–Crippen LogP) is 2.15. The summed E-state index contributed by atoms with van der Waals surface area (Å²) in [7, 11) is 0. The molecule has 0 saturated carbocycles. The number of thiazole rings is 1. The first-order valence-corrected chi connectivity index (χ1v) is 11.2. The Hall–Kier alpha value is -2.13. The largest absolute Gasteiger partial charge is 0.394 e. The van der Waals surface area contributed by atoms with E-state index in [1.54, 1.807) is 11.3 Å². The van der Waals surface area contributed by atoms with Gasteiger partial charge in [-0.1, -0.05) is 48.5 Å². The number of nitrogens with zero attached hydrogens (tertiary/aromatic N) is 1. The SMILES string of the molecule is Cc1ccc([C@@H]2O[C@H](CO)[C@@H](O)[C@H](O)[C@H]2O)cc1Cc1ncc(Cc2ccccc2)s1. The van der Waals surface area contributed by atoms with E-state index in [9.17, 15) is 20.4 Å². The summed E-state index contributed by atoms with van der Waals surface area (Å²) in [5.74, 6) is 0. The Balaban J connectivity index is 1.52. The van der Waals surface area contributed by atoms with Gasteiger partial charge in [-0.05, 0) is 29.2 Å². The van der Waals surface area contributed by atoms with Crippen LogP contribution in [-0.2, 0) is 17.6 Å². The molecular formula is C24H27NO5S. The Kier molecular flexibility index (Phi) is 6.81. The molecule has 4 rings (SSSR count). The molecule has 1 aliphatic heterocycles. The van der Waals surface area contributed by atoms with E-state index in [4.69, 9.17) is 4.74 Å². The van der Waals surface area contributed by atoms with Crippen molar-refractivity contribution in [2.45, 2.75) is 50.3 Å². The number of ether oxygens (including phenoxy) is 1. The van der Waals surface area contributed by atoms with E-state index in [0.717, 1.165) is 22.6 Å². The number of benzene rings is 2. The Bertz CT molecular complexity index is 1010. The van der Waals surface area contributed by atoms with Crippen LogP contribution in [0.3, 0.4) is 0 Å².